The number of phosphoric ester groups is 1. The monoisotopic (exact) mass is 236 g/mol. The van der Waals surface area contributed by atoms with Crippen LogP contribution in [-0.4, -0.2) is 40.6 Å². The Balaban J connectivity index is 0. The molecule has 0 N–H and O–H groups in total. The van der Waals surface area contributed by atoms with Crippen LogP contribution in [0.1, 0.15) is 0 Å². The van der Waals surface area contributed by atoms with Crippen LogP contribution < -0.4 is 34.5 Å². The Morgan fingerprint density at radius 3 is 2.21 bits per heavy atom. The summed E-state index contributed by atoms with van der Waals surface area (Å²) in [6.07, 6.45) is 0. The maximum atomic E-state index is 10.6. The van der Waals surface area contributed by atoms with Gasteiger partial charge >= 0.3 is 29.6 Å². The molecule has 1 atom stereocenters. The largest absolute Gasteiger partial charge is 1.00 e. The maximum absolute atomic E-state index is 10.6. The van der Waals surface area contributed by atoms with Crippen molar-refractivity contribution in [1.82, 2.24) is 0 Å². The van der Waals surface area contributed by atoms with E-state index >= 15 is 0 Å². The molecule has 0 bridgehead atoms. The van der Waals surface area contributed by atoms with Crippen molar-refractivity contribution in [2.45, 2.75) is 0 Å². The molecule has 8 heteroatoms. The zero-order valence-electron chi connectivity index (χ0n) is 8.73. The molecule has 0 spiro atoms. The molecule has 0 aromatic heterocycles. The van der Waals surface area contributed by atoms with Gasteiger partial charge < -0.3 is 23.4 Å². The Labute approximate surface area is 106 Å². The van der Waals surface area contributed by atoms with Gasteiger partial charge in [-0.3, -0.25) is 4.57 Å². The Morgan fingerprint density at radius 1 is 1.14 bits per heavy atom. The van der Waals surface area contributed by atoms with Gasteiger partial charge in [-0.05, 0) is 0 Å². The second kappa shape index (κ2) is 10.5. The van der Waals surface area contributed by atoms with Crippen LogP contribution in [-0.2, 0) is 23.1 Å². The molecule has 0 fully saturated rings. The van der Waals surface area contributed by atoms with Crippen molar-refractivity contribution >= 4 is 7.82 Å². The van der Waals surface area contributed by atoms with E-state index in [0.717, 1.165) is 7.11 Å². The zero-order chi connectivity index (χ0) is 10.2. The summed E-state index contributed by atoms with van der Waals surface area (Å²) in [5.74, 6) is 0. The van der Waals surface area contributed by atoms with Gasteiger partial charge in [0.2, 0.25) is 0 Å². The SMILES string of the molecule is COCCOCCOP(=O)([O-])OC.[Na+]. The first kappa shape index (κ1) is 17.4. The predicted octanol–water partition coefficient (Wildman–Crippen LogP) is -3.22. The first-order valence-corrected chi connectivity index (χ1v) is 5.16. The number of ether oxygens (including phenoxy) is 2. The number of hydrogen-bond donors (Lipinski definition) is 0. The molecule has 0 amide bonds. The summed E-state index contributed by atoms with van der Waals surface area (Å²) in [6.45, 7) is 1.03. The summed E-state index contributed by atoms with van der Waals surface area (Å²) in [4.78, 5) is 10.6. The molecule has 0 aliphatic carbocycles. The van der Waals surface area contributed by atoms with E-state index in [1.807, 2.05) is 0 Å². The van der Waals surface area contributed by atoms with Gasteiger partial charge in [0.15, 0.2) is 0 Å². The standard InChI is InChI=1S/C6H15O6P.Na/c1-9-3-4-11-5-6-12-13(7,8)10-2;/h3-6H2,1-2H3,(H,7,8);/q;+1/p-1. The van der Waals surface area contributed by atoms with Crippen molar-refractivity contribution in [1.29, 1.82) is 0 Å². The first-order valence-electron chi connectivity index (χ1n) is 3.70. The molecule has 80 valence electrons. The first-order chi connectivity index (χ1) is 6.12. The van der Waals surface area contributed by atoms with Gasteiger partial charge in [0.25, 0.3) is 7.82 Å². The topological polar surface area (TPSA) is 77.1 Å². The van der Waals surface area contributed by atoms with E-state index in [1.165, 1.54) is 0 Å². The van der Waals surface area contributed by atoms with Gasteiger partial charge in [-0.2, -0.15) is 0 Å². The molecule has 0 saturated heterocycles. The normalized spacial score (nSPS) is 14.5. The smallest absolute Gasteiger partial charge is 0.756 e. The van der Waals surface area contributed by atoms with Gasteiger partial charge in [0.05, 0.1) is 26.4 Å². The summed E-state index contributed by atoms with van der Waals surface area (Å²) in [6, 6.07) is 0. The third-order valence-corrected chi connectivity index (χ3v) is 2.08. The van der Waals surface area contributed by atoms with Crippen molar-refractivity contribution in [2.75, 3.05) is 40.6 Å². The quantitative estimate of drug-likeness (QED) is 0.251. The van der Waals surface area contributed by atoms with E-state index in [2.05, 4.69) is 9.05 Å². The molecule has 0 aromatic rings. The van der Waals surface area contributed by atoms with Crippen LogP contribution in [0.15, 0.2) is 0 Å². The Morgan fingerprint density at radius 2 is 1.71 bits per heavy atom. The Hall–Kier alpha value is 1.03. The Kier molecular flexibility index (Phi) is 13.1. The van der Waals surface area contributed by atoms with Crippen LogP contribution in [0.2, 0.25) is 0 Å². The molecular formula is C6H14NaO6P. The molecule has 0 rings (SSSR count). The van der Waals surface area contributed by atoms with Crippen LogP contribution in [0.3, 0.4) is 0 Å². The average Bonchev–Trinajstić information content (AvgIpc) is 2.11. The molecule has 0 heterocycles. The fourth-order valence-corrected chi connectivity index (χ4v) is 0.909. The van der Waals surface area contributed by atoms with Crippen LogP contribution in [0.4, 0.5) is 0 Å². The van der Waals surface area contributed by atoms with E-state index in [9.17, 15) is 9.46 Å². The van der Waals surface area contributed by atoms with Crippen LogP contribution in [0.25, 0.3) is 0 Å². The van der Waals surface area contributed by atoms with E-state index in [0.29, 0.717) is 13.2 Å². The van der Waals surface area contributed by atoms with Crippen molar-refractivity contribution in [2.24, 2.45) is 0 Å². The molecule has 0 aliphatic rings. The fourth-order valence-electron chi connectivity index (χ4n) is 0.505. The van der Waals surface area contributed by atoms with E-state index in [-0.39, 0.29) is 42.8 Å². The zero-order valence-corrected chi connectivity index (χ0v) is 11.6. The average molecular weight is 236 g/mol. The minimum absolute atomic E-state index is 0. The molecule has 0 saturated carbocycles. The second-order valence-corrected chi connectivity index (χ2v) is 3.59. The van der Waals surface area contributed by atoms with Gasteiger partial charge in [-0.1, -0.05) is 0 Å². The summed E-state index contributed by atoms with van der Waals surface area (Å²) in [7, 11) is -1.50. The minimum Gasteiger partial charge on any atom is -0.756 e. The molecule has 0 aliphatic heterocycles. The van der Waals surface area contributed by atoms with Crippen molar-refractivity contribution < 1.29 is 57.5 Å². The van der Waals surface area contributed by atoms with E-state index in [1.54, 1.807) is 7.11 Å². The van der Waals surface area contributed by atoms with E-state index < -0.39 is 7.82 Å². The van der Waals surface area contributed by atoms with Crippen molar-refractivity contribution in [3.8, 4) is 0 Å². The maximum Gasteiger partial charge on any atom is 1.00 e. The Bertz CT molecular complexity index is 166. The number of hydrogen-bond acceptors (Lipinski definition) is 6. The predicted molar refractivity (Wildman–Crippen MR) is 43.3 cm³/mol. The van der Waals surface area contributed by atoms with Gasteiger partial charge in [-0.15, -0.1) is 0 Å². The number of rotatable bonds is 8. The van der Waals surface area contributed by atoms with Crippen molar-refractivity contribution in [3.63, 3.8) is 0 Å². The molecule has 14 heavy (non-hydrogen) atoms. The van der Waals surface area contributed by atoms with Crippen molar-refractivity contribution in [3.05, 3.63) is 0 Å². The van der Waals surface area contributed by atoms with Gasteiger partial charge in [0, 0.05) is 14.2 Å². The number of phosphoric acid groups is 1. The molecular weight excluding hydrogens is 222 g/mol. The fraction of sp³-hybridized carbons (Fsp3) is 1.00. The molecule has 0 radical (unpaired) electrons. The third-order valence-electron chi connectivity index (χ3n) is 1.13. The molecule has 6 nitrogen and oxygen atoms in total. The summed E-state index contributed by atoms with van der Waals surface area (Å²) in [5.41, 5.74) is 0. The minimum atomic E-state index is -4.09. The summed E-state index contributed by atoms with van der Waals surface area (Å²) < 4.78 is 28.7. The van der Waals surface area contributed by atoms with Crippen LogP contribution >= 0.6 is 7.82 Å². The second-order valence-electron chi connectivity index (χ2n) is 2.07. The summed E-state index contributed by atoms with van der Waals surface area (Å²) >= 11 is 0. The third kappa shape index (κ3) is 11.1. The van der Waals surface area contributed by atoms with Gasteiger partial charge in [0.1, 0.15) is 0 Å². The molecule has 1 unspecified atom stereocenters. The van der Waals surface area contributed by atoms with Crippen LogP contribution in [0, 0.1) is 0 Å². The van der Waals surface area contributed by atoms with Crippen LogP contribution in [0.5, 0.6) is 0 Å². The number of methoxy groups -OCH3 is 1. The van der Waals surface area contributed by atoms with E-state index in [4.69, 9.17) is 9.47 Å². The van der Waals surface area contributed by atoms with Gasteiger partial charge in [-0.25, -0.2) is 0 Å². The summed E-state index contributed by atoms with van der Waals surface area (Å²) in [5, 5.41) is 0. The molecule has 0 aromatic carbocycles.